The largest absolute Gasteiger partial charge is 0.457 e. The van der Waals surface area contributed by atoms with Crippen molar-refractivity contribution in [3.05, 3.63) is 71.2 Å². The molecule has 0 aliphatic rings. The minimum absolute atomic E-state index is 0.622. The molecule has 0 spiro atoms. The fraction of sp³-hybridized carbons (Fsp3) is 0. The van der Waals surface area contributed by atoms with Gasteiger partial charge in [-0.25, -0.2) is 0 Å². The first kappa shape index (κ1) is 12.7. The van der Waals surface area contributed by atoms with Crippen molar-refractivity contribution >= 4 is 28.7 Å². The highest BCUT2D eigenvalue weighted by Crippen LogP contribution is 2.32. The van der Waals surface area contributed by atoms with Crippen LogP contribution < -0.4 is 4.74 Å². The molecule has 0 heterocycles. The number of hydrogen-bond donors (Lipinski definition) is 0. The predicted octanol–water partition coefficient (Wildman–Crippen LogP) is 5.10. The van der Waals surface area contributed by atoms with E-state index < -0.39 is 0 Å². The first-order valence-electron chi connectivity index (χ1n) is 6.18. The molecule has 0 fully saturated rings. The lowest BCUT2D eigenvalue weighted by atomic mass is 10.0. The third-order valence-electron chi connectivity index (χ3n) is 3.07. The van der Waals surface area contributed by atoms with Gasteiger partial charge in [0, 0.05) is 16.0 Å². The monoisotopic (exact) mass is 282 g/mol. The fourth-order valence-electron chi connectivity index (χ4n) is 2.14. The summed E-state index contributed by atoms with van der Waals surface area (Å²) in [4.78, 5) is 11.1. The highest BCUT2D eigenvalue weighted by Gasteiger charge is 2.07. The number of aldehydes is 1. The molecule has 3 aromatic rings. The molecule has 0 saturated heterocycles. The summed E-state index contributed by atoms with van der Waals surface area (Å²) in [7, 11) is 0. The van der Waals surface area contributed by atoms with E-state index in [0.717, 1.165) is 17.1 Å². The summed E-state index contributed by atoms with van der Waals surface area (Å²) in [6, 6.07) is 18.4. The molecule has 0 unspecified atom stereocenters. The minimum Gasteiger partial charge on any atom is -0.457 e. The number of carbonyl (C=O) groups excluding carboxylic acids is 1. The summed E-state index contributed by atoms with van der Waals surface area (Å²) in [6.45, 7) is 0. The van der Waals surface area contributed by atoms with Crippen LogP contribution in [0.4, 0.5) is 0 Å². The molecule has 20 heavy (non-hydrogen) atoms. The number of halogens is 1. The smallest absolute Gasteiger partial charge is 0.150 e. The highest BCUT2D eigenvalue weighted by atomic mass is 35.5. The maximum Gasteiger partial charge on any atom is 0.150 e. The Labute approximate surface area is 121 Å². The third-order valence-corrected chi connectivity index (χ3v) is 3.30. The molecule has 0 bridgehead atoms. The standard InChI is InChI=1S/C17H11ClO2/c18-13-4-3-5-14(10-13)20-17-9-8-12(11-19)15-6-1-2-7-16(15)17/h1-11H. The van der Waals surface area contributed by atoms with Crippen LogP contribution >= 0.6 is 11.6 Å². The molecule has 3 aromatic carbocycles. The van der Waals surface area contributed by atoms with E-state index in [4.69, 9.17) is 16.3 Å². The van der Waals surface area contributed by atoms with Crippen LogP contribution in [-0.4, -0.2) is 6.29 Å². The summed E-state index contributed by atoms with van der Waals surface area (Å²) >= 11 is 5.95. The summed E-state index contributed by atoms with van der Waals surface area (Å²) < 4.78 is 5.87. The Hall–Kier alpha value is -2.32. The molecular weight excluding hydrogens is 272 g/mol. The van der Waals surface area contributed by atoms with E-state index in [1.165, 1.54) is 0 Å². The van der Waals surface area contributed by atoms with Crippen molar-refractivity contribution in [1.29, 1.82) is 0 Å². The lowest BCUT2D eigenvalue weighted by Crippen LogP contribution is -1.89. The van der Waals surface area contributed by atoms with Gasteiger partial charge >= 0.3 is 0 Å². The SMILES string of the molecule is O=Cc1ccc(Oc2cccc(Cl)c2)c2ccccc12. The van der Waals surface area contributed by atoms with Gasteiger partial charge in [0.15, 0.2) is 6.29 Å². The Bertz CT molecular complexity index is 781. The van der Waals surface area contributed by atoms with Crippen LogP contribution in [0.2, 0.25) is 5.02 Å². The normalized spacial score (nSPS) is 10.4. The summed E-state index contributed by atoms with van der Waals surface area (Å²) in [6.07, 6.45) is 0.853. The van der Waals surface area contributed by atoms with Gasteiger partial charge in [-0.3, -0.25) is 4.79 Å². The highest BCUT2D eigenvalue weighted by molar-refractivity contribution is 6.30. The summed E-state index contributed by atoms with van der Waals surface area (Å²) in [5, 5.41) is 2.40. The summed E-state index contributed by atoms with van der Waals surface area (Å²) in [5.74, 6) is 1.37. The third kappa shape index (κ3) is 2.38. The Morgan fingerprint density at radius 3 is 2.45 bits per heavy atom. The quantitative estimate of drug-likeness (QED) is 0.625. The lowest BCUT2D eigenvalue weighted by molar-refractivity contribution is 0.112. The van der Waals surface area contributed by atoms with Gasteiger partial charge in [-0.15, -0.1) is 0 Å². The van der Waals surface area contributed by atoms with E-state index in [0.29, 0.717) is 22.1 Å². The van der Waals surface area contributed by atoms with Gasteiger partial charge in [-0.2, -0.15) is 0 Å². The van der Waals surface area contributed by atoms with Gasteiger partial charge in [-0.05, 0) is 35.7 Å². The van der Waals surface area contributed by atoms with E-state index in [1.807, 2.05) is 36.4 Å². The maximum atomic E-state index is 11.1. The van der Waals surface area contributed by atoms with Crippen molar-refractivity contribution in [2.45, 2.75) is 0 Å². The zero-order chi connectivity index (χ0) is 13.9. The van der Waals surface area contributed by atoms with E-state index in [9.17, 15) is 4.79 Å². The molecule has 0 amide bonds. The van der Waals surface area contributed by atoms with Crippen molar-refractivity contribution < 1.29 is 9.53 Å². The van der Waals surface area contributed by atoms with Crippen molar-refractivity contribution in [3.8, 4) is 11.5 Å². The average Bonchev–Trinajstić information content (AvgIpc) is 2.48. The van der Waals surface area contributed by atoms with Gasteiger partial charge in [-0.1, -0.05) is 41.9 Å². The van der Waals surface area contributed by atoms with Gasteiger partial charge in [0.1, 0.15) is 11.5 Å². The molecule has 0 aromatic heterocycles. The second-order valence-corrected chi connectivity index (χ2v) is 4.81. The van der Waals surface area contributed by atoms with Crippen LogP contribution in [0.1, 0.15) is 10.4 Å². The van der Waals surface area contributed by atoms with E-state index >= 15 is 0 Å². The van der Waals surface area contributed by atoms with Gasteiger partial charge < -0.3 is 4.74 Å². The van der Waals surface area contributed by atoms with Crippen LogP contribution in [0, 0.1) is 0 Å². The van der Waals surface area contributed by atoms with Gasteiger partial charge in [0.05, 0.1) is 0 Å². The lowest BCUT2D eigenvalue weighted by Gasteiger charge is -2.10. The van der Waals surface area contributed by atoms with Gasteiger partial charge in [0.25, 0.3) is 0 Å². The molecule has 3 heteroatoms. The number of benzene rings is 3. The van der Waals surface area contributed by atoms with E-state index in [-0.39, 0.29) is 0 Å². The molecule has 2 nitrogen and oxygen atoms in total. The maximum absolute atomic E-state index is 11.1. The average molecular weight is 283 g/mol. The van der Waals surface area contributed by atoms with Crippen LogP contribution in [0.15, 0.2) is 60.7 Å². The van der Waals surface area contributed by atoms with Crippen molar-refractivity contribution in [2.24, 2.45) is 0 Å². The Morgan fingerprint density at radius 2 is 1.70 bits per heavy atom. The Kier molecular flexibility index (Phi) is 3.40. The van der Waals surface area contributed by atoms with Crippen LogP contribution in [0.3, 0.4) is 0 Å². The second-order valence-electron chi connectivity index (χ2n) is 4.38. The first-order chi connectivity index (χ1) is 9.78. The van der Waals surface area contributed by atoms with Crippen LogP contribution in [0.25, 0.3) is 10.8 Å². The number of fused-ring (bicyclic) bond motifs is 1. The molecule has 0 saturated carbocycles. The second kappa shape index (κ2) is 5.35. The molecule has 3 rings (SSSR count). The molecule has 0 aliphatic carbocycles. The Morgan fingerprint density at radius 1 is 0.900 bits per heavy atom. The fourth-order valence-corrected chi connectivity index (χ4v) is 2.32. The van der Waals surface area contributed by atoms with Crippen LogP contribution in [0.5, 0.6) is 11.5 Å². The van der Waals surface area contributed by atoms with Crippen molar-refractivity contribution in [1.82, 2.24) is 0 Å². The Balaban J connectivity index is 2.10. The zero-order valence-electron chi connectivity index (χ0n) is 10.5. The first-order valence-corrected chi connectivity index (χ1v) is 6.56. The number of hydrogen-bond acceptors (Lipinski definition) is 2. The van der Waals surface area contributed by atoms with Crippen molar-refractivity contribution in [3.63, 3.8) is 0 Å². The number of carbonyl (C=O) groups is 1. The minimum atomic E-state index is 0.622. The molecule has 0 atom stereocenters. The molecule has 0 radical (unpaired) electrons. The topological polar surface area (TPSA) is 26.3 Å². The molecule has 0 N–H and O–H groups in total. The van der Waals surface area contributed by atoms with E-state index in [2.05, 4.69) is 0 Å². The molecular formula is C17H11ClO2. The summed E-state index contributed by atoms with van der Waals surface area (Å²) in [5.41, 5.74) is 0.652. The van der Waals surface area contributed by atoms with E-state index in [1.54, 1.807) is 24.3 Å². The predicted molar refractivity (Wildman–Crippen MR) is 80.9 cm³/mol. The van der Waals surface area contributed by atoms with Crippen LogP contribution in [-0.2, 0) is 0 Å². The molecule has 98 valence electrons. The van der Waals surface area contributed by atoms with Crippen molar-refractivity contribution in [2.75, 3.05) is 0 Å². The number of rotatable bonds is 3. The number of ether oxygens (including phenoxy) is 1. The molecule has 0 aliphatic heterocycles. The zero-order valence-corrected chi connectivity index (χ0v) is 11.3. The van der Waals surface area contributed by atoms with Gasteiger partial charge in [0.2, 0.25) is 0 Å².